The van der Waals surface area contributed by atoms with Gasteiger partial charge < -0.3 is 15.0 Å². The summed E-state index contributed by atoms with van der Waals surface area (Å²) in [5.74, 6) is 0.471. The summed E-state index contributed by atoms with van der Waals surface area (Å²) in [6.45, 7) is 3.19. The van der Waals surface area contributed by atoms with Crippen molar-refractivity contribution in [3.63, 3.8) is 0 Å². The average molecular weight is 527 g/mol. The lowest BCUT2D eigenvalue weighted by Gasteiger charge is -2.31. The van der Waals surface area contributed by atoms with E-state index in [1.54, 1.807) is 17.0 Å². The molecule has 0 bridgehead atoms. The predicted octanol–water partition coefficient (Wildman–Crippen LogP) is 6.32. The molecular formula is C29H32Cl2N2O3. The number of hydrogen-bond acceptors (Lipinski definition) is 3. The number of hydrogen-bond donors (Lipinski definition) is 1. The molecule has 0 saturated heterocycles. The van der Waals surface area contributed by atoms with Crippen LogP contribution in [-0.2, 0) is 22.6 Å². The number of halogens is 2. The first-order valence-electron chi connectivity index (χ1n) is 12.2. The topological polar surface area (TPSA) is 58.6 Å². The lowest BCUT2D eigenvalue weighted by molar-refractivity contribution is -0.141. The molecule has 0 unspecified atom stereocenters. The Morgan fingerprint density at radius 2 is 1.61 bits per heavy atom. The molecule has 0 saturated carbocycles. The molecule has 0 heterocycles. The Labute approximate surface area is 223 Å². The molecule has 1 N–H and O–H groups in total. The highest BCUT2D eigenvalue weighted by Gasteiger charge is 2.30. The summed E-state index contributed by atoms with van der Waals surface area (Å²) < 4.78 is 5.76. The van der Waals surface area contributed by atoms with E-state index in [4.69, 9.17) is 27.9 Å². The largest absolute Gasteiger partial charge is 0.494 e. The summed E-state index contributed by atoms with van der Waals surface area (Å²) in [6, 6.07) is 23.8. The van der Waals surface area contributed by atoms with Crippen molar-refractivity contribution in [1.29, 1.82) is 0 Å². The summed E-state index contributed by atoms with van der Waals surface area (Å²) in [5.41, 5.74) is 1.79. The summed E-state index contributed by atoms with van der Waals surface area (Å²) in [6.07, 6.45) is 1.99. The molecule has 0 fully saturated rings. The van der Waals surface area contributed by atoms with E-state index in [1.165, 1.54) is 0 Å². The molecule has 190 valence electrons. The zero-order valence-corrected chi connectivity index (χ0v) is 22.0. The second-order valence-electron chi connectivity index (χ2n) is 8.53. The van der Waals surface area contributed by atoms with Crippen LogP contribution in [-0.4, -0.2) is 35.9 Å². The first kappa shape index (κ1) is 27.6. The van der Waals surface area contributed by atoms with E-state index in [-0.39, 0.29) is 24.8 Å². The Balaban J connectivity index is 1.80. The number of carbonyl (C=O) groups excluding carboxylic acids is 2. The van der Waals surface area contributed by atoms with Gasteiger partial charge in [-0.3, -0.25) is 9.59 Å². The fourth-order valence-electron chi connectivity index (χ4n) is 3.83. The Morgan fingerprint density at radius 3 is 2.28 bits per heavy atom. The highest BCUT2D eigenvalue weighted by atomic mass is 35.5. The van der Waals surface area contributed by atoms with Gasteiger partial charge in [0.25, 0.3) is 0 Å². The summed E-state index contributed by atoms with van der Waals surface area (Å²) >= 11 is 12.3. The summed E-state index contributed by atoms with van der Waals surface area (Å²) in [7, 11) is 0. The number of rotatable bonds is 13. The van der Waals surface area contributed by atoms with Crippen LogP contribution in [0.5, 0.6) is 5.75 Å². The van der Waals surface area contributed by atoms with Gasteiger partial charge in [0, 0.05) is 25.9 Å². The fourth-order valence-corrected chi connectivity index (χ4v) is 4.15. The summed E-state index contributed by atoms with van der Waals surface area (Å²) in [5, 5.41) is 3.83. The Morgan fingerprint density at radius 1 is 0.917 bits per heavy atom. The van der Waals surface area contributed by atoms with Crippen molar-refractivity contribution < 1.29 is 14.3 Å². The lowest BCUT2D eigenvalue weighted by atomic mass is 10.0. The highest BCUT2D eigenvalue weighted by Crippen LogP contribution is 2.24. The molecule has 0 spiro atoms. The van der Waals surface area contributed by atoms with E-state index in [2.05, 4.69) is 5.32 Å². The van der Waals surface area contributed by atoms with Crippen LogP contribution in [0.2, 0.25) is 10.0 Å². The fraction of sp³-hybridized carbons (Fsp3) is 0.310. The van der Waals surface area contributed by atoms with Gasteiger partial charge in [0.1, 0.15) is 11.8 Å². The van der Waals surface area contributed by atoms with Gasteiger partial charge in [-0.1, -0.05) is 84.7 Å². The van der Waals surface area contributed by atoms with Gasteiger partial charge in [-0.25, -0.2) is 0 Å². The maximum absolute atomic E-state index is 13.6. The quantitative estimate of drug-likeness (QED) is 0.265. The average Bonchev–Trinajstić information content (AvgIpc) is 2.90. The minimum atomic E-state index is -0.670. The molecule has 7 heteroatoms. The van der Waals surface area contributed by atoms with Gasteiger partial charge in [0.05, 0.1) is 16.7 Å². The normalized spacial score (nSPS) is 11.5. The molecule has 2 amide bonds. The van der Waals surface area contributed by atoms with E-state index in [9.17, 15) is 9.59 Å². The van der Waals surface area contributed by atoms with Crippen LogP contribution in [0.4, 0.5) is 0 Å². The molecular weight excluding hydrogens is 495 g/mol. The highest BCUT2D eigenvalue weighted by molar-refractivity contribution is 6.42. The molecule has 0 aliphatic heterocycles. The predicted molar refractivity (Wildman–Crippen MR) is 145 cm³/mol. The molecule has 3 rings (SSSR count). The molecule has 3 aromatic carbocycles. The van der Waals surface area contributed by atoms with E-state index >= 15 is 0 Å². The third-order valence-corrected chi connectivity index (χ3v) is 6.44. The Bertz CT molecular complexity index is 1110. The zero-order valence-electron chi connectivity index (χ0n) is 20.5. The van der Waals surface area contributed by atoms with E-state index < -0.39 is 6.04 Å². The minimum Gasteiger partial charge on any atom is -0.494 e. The van der Waals surface area contributed by atoms with Crippen LogP contribution < -0.4 is 10.1 Å². The first-order chi connectivity index (χ1) is 17.5. The molecule has 1 atom stereocenters. The van der Waals surface area contributed by atoms with E-state index in [1.807, 2.05) is 73.7 Å². The van der Waals surface area contributed by atoms with Crippen molar-refractivity contribution >= 4 is 35.0 Å². The Kier molecular flexibility index (Phi) is 11.1. The molecule has 36 heavy (non-hydrogen) atoms. The second kappa shape index (κ2) is 14.5. The van der Waals surface area contributed by atoms with Crippen molar-refractivity contribution in [1.82, 2.24) is 10.2 Å². The molecule has 0 radical (unpaired) electrons. The number of carbonyl (C=O) groups is 2. The third kappa shape index (κ3) is 8.58. The third-order valence-electron chi connectivity index (χ3n) is 5.70. The van der Waals surface area contributed by atoms with E-state index in [0.717, 1.165) is 23.3 Å². The second-order valence-corrected chi connectivity index (χ2v) is 9.35. The van der Waals surface area contributed by atoms with E-state index in [0.29, 0.717) is 36.0 Å². The van der Waals surface area contributed by atoms with Crippen molar-refractivity contribution in [2.24, 2.45) is 0 Å². The molecule has 5 nitrogen and oxygen atoms in total. The van der Waals surface area contributed by atoms with Gasteiger partial charge in [-0.15, -0.1) is 0 Å². The van der Waals surface area contributed by atoms with Crippen LogP contribution in [0.25, 0.3) is 0 Å². The number of nitrogens with one attached hydrogen (secondary N) is 1. The molecule has 0 aliphatic rings. The van der Waals surface area contributed by atoms with Crippen LogP contribution in [0, 0.1) is 0 Å². The van der Waals surface area contributed by atoms with Gasteiger partial charge in [-0.2, -0.15) is 0 Å². The van der Waals surface area contributed by atoms with Crippen molar-refractivity contribution in [3.05, 3.63) is 100 Å². The molecule has 3 aromatic rings. The van der Waals surface area contributed by atoms with Crippen molar-refractivity contribution in [3.8, 4) is 5.75 Å². The van der Waals surface area contributed by atoms with Gasteiger partial charge in [0.2, 0.25) is 11.8 Å². The van der Waals surface area contributed by atoms with Gasteiger partial charge >= 0.3 is 0 Å². The van der Waals surface area contributed by atoms with Crippen molar-refractivity contribution in [2.75, 3.05) is 13.2 Å². The number of amides is 2. The smallest absolute Gasteiger partial charge is 0.243 e. The summed E-state index contributed by atoms with van der Waals surface area (Å²) in [4.78, 5) is 28.5. The van der Waals surface area contributed by atoms with Crippen LogP contribution >= 0.6 is 23.2 Å². The van der Waals surface area contributed by atoms with Crippen LogP contribution in [0.3, 0.4) is 0 Å². The zero-order chi connectivity index (χ0) is 25.8. The Hall–Kier alpha value is -3.02. The lowest BCUT2D eigenvalue weighted by Crippen LogP contribution is -2.50. The monoisotopic (exact) mass is 526 g/mol. The van der Waals surface area contributed by atoms with Gasteiger partial charge in [0.15, 0.2) is 0 Å². The maximum Gasteiger partial charge on any atom is 0.243 e. The van der Waals surface area contributed by atoms with Crippen molar-refractivity contribution in [2.45, 2.75) is 45.2 Å². The SMILES string of the molecule is CCCNC(=O)[C@@H](Cc1ccccc1)N(Cc1ccc(Cl)c(Cl)c1)C(=O)CCCOc1ccccc1. The van der Waals surface area contributed by atoms with Crippen LogP contribution in [0.15, 0.2) is 78.9 Å². The number of ether oxygens (including phenoxy) is 1. The standard InChI is InChI=1S/C29H32Cl2N2O3/c1-2-17-32-29(35)27(20-22-10-5-3-6-11-22)33(21-23-15-16-25(30)26(31)19-23)28(34)14-9-18-36-24-12-7-4-8-13-24/h3-8,10-13,15-16,19,27H,2,9,14,17-18,20-21H2,1H3,(H,32,35)/t27-/m1/s1. The minimum absolute atomic E-state index is 0.120. The molecule has 0 aromatic heterocycles. The number of benzene rings is 3. The maximum atomic E-state index is 13.6. The number of para-hydroxylation sites is 1. The molecule has 0 aliphatic carbocycles. The van der Waals surface area contributed by atoms with Crippen LogP contribution in [0.1, 0.15) is 37.3 Å². The first-order valence-corrected chi connectivity index (χ1v) is 13.0. The van der Waals surface area contributed by atoms with Gasteiger partial charge in [-0.05, 0) is 48.2 Å². The number of nitrogens with zero attached hydrogens (tertiary/aromatic N) is 1.